The van der Waals surface area contributed by atoms with Crippen molar-refractivity contribution in [3.63, 3.8) is 0 Å². The maximum atomic E-state index is 13.4. The van der Waals surface area contributed by atoms with E-state index in [4.69, 9.17) is 26.1 Å². The summed E-state index contributed by atoms with van der Waals surface area (Å²) in [4.78, 5) is 52.8. The number of primary amides is 1. The number of hydrogen-bond donors (Lipinski definition) is 4. The van der Waals surface area contributed by atoms with Gasteiger partial charge in [-0.1, -0.05) is 5.18 Å². The van der Waals surface area contributed by atoms with E-state index in [1.807, 2.05) is 24.3 Å². The van der Waals surface area contributed by atoms with Crippen molar-refractivity contribution in [2.75, 3.05) is 42.8 Å². The molecule has 0 unspecified atom stereocenters. The van der Waals surface area contributed by atoms with Gasteiger partial charge in [-0.15, -0.1) is 0 Å². The second-order valence-electron chi connectivity index (χ2n) is 13.0. The van der Waals surface area contributed by atoms with Crippen molar-refractivity contribution in [3.8, 4) is 22.9 Å². The molecule has 2 aliphatic heterocycles. The van der Waals surface area contributed by atoms with Crippen LogP contribution in [0, 0.1) is 4.91 Å². The van der Waals surface area contributed by atoms with E-state index >= 15 is 0 Å². The summed E-state index contributed by atoms with van der Waals surface area (Å²) in [5, 5.41) is 20.9. The van der Waals surface area contributed by atoms with Gasteiger partial charge in [0.25, 0.3) is 17.7 Å². The third-order valence-corrected chi connectivity index (χ3v) is 9.76. The minimum atomic E-state index is -0.669. The van der Waals surface area contributed by atoms with Crippen LogP contribution in [0.3, 0.4) is 0 Å². The van der Waals surface area contributed by atoms with Gasteiger partial charge in [-0.3, -0.25) is 14.4 Å². The Morgan fingerprint density at radius 2 is 1.18 bits per heavy atom. The number of carbonyl (C=O) groups excluding carboxylic acids is 3. The lowest BCUT2D eigenvalue weighted by Crippen LogP contribution is -2.73. The van der Waals surface area contributed by atoms with Crippen molar-refractivity contribution in [3.05, 3.63) is 136 Å². The highest BCUT2D eigenvalue weighted by atomic mass is 16.5. The monoisotopic (exact) mass is 771 g/mol. The molecule has 8 rings (SSSR count). The van der Waals surface area contributed by atoms with Crippen molar-refractivity contribution < 1.29 is 34.5 Å². The average Bonchev–Trinajstić information content (AvgIpc) is 3.82. The quantitative estimate of drug-likeness (QED) is 0.0896. The third kappa shape index (κ3) is 7.39. The van der Waals surface area contributed by atoms with Gasteiger partial charge in [-0.25, -0.2) is 14.6 Å². The largest absolute Gasteiger partial charge is 0.497 e. The number of hydrogen-bond acceptors (Lipinski definition) is 11. The Morgan fingerprint density at radius 1 is 0.719 bits per heavy atom. The molecule has 0 saturated carbocycles. The average molecular weight is 772 g/mol. The molecule has 57 heavy (non-hydrogen) atoms. The minimum Gasteiger partial charge on any atom is -0.497 e. The number of nitrogen functional groups attached to an aromatic ring is 1. The fourth-order valence-electron chi connectivity index (χ4n) is 6.88. The van der Waals surface area contributed by atoms with Crippen LogP contribution in [0.4, 0.5) is 22.7 Å². The Morgan fingerprint density at radius 3 is 1.65 bits per heavy atom. The van der Waals surface area contributed by atoms with Gasteiger partial charge in [0.1, 0.15) is 29.4 Å². The summed E-state index contributed by atoms with van der Waals surface area (Å²) in [6.45, 7) is 0.819. The zero-order valence-electron chi connectivity index (χ0n) is 31.0. The van der Waals surface area contributed by atoms with E-state index in [-0.39, 0.29) is 24.1 Å². The maximum absolute atomic E-state index is 13.4. The van der Waals surface area contributed by atoms with Crippen LogP contribution < -0.4 is 36.2 Å². The van der Waals surface area contributed by atoms with Gasteiger partial charge in [0, 0.05) is 53.4 Å². The lowest BCUT2D eigenvalue weighted by Gasteiger charge is -2.28. The maximum Gasteiger partial charge on any atom is 0.277 e. The van der Waals surface area contributed by atoms with E-state index < -0.39 is 5.91 Å². The number of fused-ring (bicyclic) bond motifs is 2. The van der Waals surface area contributed by atoms with Gasteiger partial charge >= 0.3 is 0 Å². The fraction of sp³-hybridized carbons (Fsp3) is 0.175. The molecule has 0 saturated heterocycles. The number of nitrogens with two attached hydrogens (primary N) is 3. The summed E-state index contributed by atoms with van der Waals surface area (Å²) in [7, 11) is 3.16. The summed E-state index contributed by atoms with van der Waals surface area (Å²) in [6.07, 6.45) is 1.04. The number of quaternary nitrogens is 1. The highest BCUT2D eigenvalue weighted by Gasteiger charge is 2.35. The van der Waals surface area contributed by atoms with Gasteiger partial charge < -0.3 is 30.7 Å². The Balaban J connectivity index is 0.000000174. The number of amides is 3. The molecule has 0 atom stereocenters. The predicted molar refractivity (Wildman–Crippen MR) is 210 cm³/mol. The molecule has 17 heteroatoms. The standard InChI is InChI=1S/C20H19N5O4.C20H19N5O3/c1-29-15-8-6-14(7-9-15)25-18-16(17(22-25)19(21)26)10-11-24(20(18)27)13-4-2-12(23-28)3-5-13;1-28-16-8-6-15(7-9-16)25-19-17(18(23-25)12-22-27)10-11-24(20(19)26)14-4-2-13(21)3-5-14/h2-9,23,28H,10-11H2,1H3,(H2,21,26);2-9H,10-12,21H2,1H3/p+1. The number of nitroso groups, excluding NO2 is 1. The van der Waals surface area contributed by atoms with Crippen molar-refractivity contribution in [2.45, 2.75) is 19.4 Å². The zero-order chi connectivity index (χ0) is 40.2. The molecule has 6 aromatic rings. The molecule has 3 amide bonds. The number of anilines is 3. The number of ether oxygens (including phenoxy) is 2. The Labute approximate surface area is 325 Å². The lowest BCUT2D eigenvalue weighted by molar-refractivity contribution is -0.825. The van der Waals surface area contributed by atoms with E-state index in [0.717, 1.165) is 16.7 Å². The molecule has 0 spiro atoms. The predicted octanol–water partition coefficient (Wildman–Crippen LogP) is 3.70. The van der Waals surface area contributed by atoms with Crippen LogP contribution in [0.1, 0.15) is 48.3 Å². The molecule has 0 fully saturated rings. The van der Waals surface area contributed by atoms with Crippen LogP contribution in [0.2, 0.25) is 0 Å². The molecular weight excluding hydrogens is 733 g/mol. The van der Waals surface area contributed by atoms with Crippen molar-refractivity contribution in [2.24, 2.45) is 10.9 Å². The highest BCUT2D eigenvalue weighted by Crippen LogP contribution is 2.31. The molecule has 4 aromatic carbocycles. The van der Waals surface area contributed by atoms with Gasteiger partial charge in [0.05, 0.1) is 31.3 Å². The topological polar surface area (TPSA) is 230 Å². The number of nitrogens with zero attached hydrogens (tertiary/aromatic N) is 7. The number of carbonyl (C=O) groups is 3. The molecular formula is C40H39N10O7+. The molecule has 4 heterocycles. The fourth-order valence-corrected chi connectivity index (χ4v) is 6.88. The zero-order valence-corrected chi connectivity index (χ0v) is 31.0. The van der Waals surface area contributed by atoms with Gasteiger partial charge in [0.15, 0.2) is 11.4 Å². The first-order valence-corrected chi connectivity index (χ1v) is 17.8. The second-order valence-corrected chi connectivity index (χ2v) is 13.0. The van der Waals surface area contributed by atoms with Crippen LogP contribution in [0.5, 0.6) is 11.5 Å². The van der Waals surface area contributed by atoms with E-state index in [2.05, 4.69) is 15.4 Å². The Kier molecular flexibility index (Phi) is 10.8. The lowest BCUT2D eigenvalue weighted by atomic mass is 10.0. The third-order valence-electron chi connectivity index (χ3n) is 9.76. The smallest absolute Gasteiger partial charge is 0.277 e. The molecule has 290 valence electrons. The minimum absolute atomic E-state index is 0.0688. The van der Waals surface area contributed by atoms with Crippen LogP contribution in [-0.2, 0) is 19.4 Å². The molecule has 2 aromatic heterocycles. The summed E-state index contributed by atoms with van der Waals surface area (Å²) in [5.74, 6) is 0.250. The molecule has 0 radical (unpaired) electrons. The molecule has 17 nitrogen and oxygen atoms in total. The Hall–Kier alpha value is -7.37. The Bertz CT molecular complexity index is 2440. The number of rotatable bonds is 10. The summed E-state index contributed by atoms with van der Waals surface area (Å²) < 4.78 is 13.4. The van der Waals surface area contributed by atoms with Crippen LogP contribution in [-0.4, -0.2) is 69.8 Å². The van der Waals surface area contributed by atoms with Crippen LogP contribution in [0.15, 0.2) is 102 Å². The highest BCUT2D eigenvalue weighted by molar-refractivity contribution is 6.10. The first-order valence-electron chi connectivity index (χ1n) is 17.8. The number of aromatic nitrogens is 4. The van der Waals surface area contributed by atoms with Crippen molar-refractivity contribution >= 4 is 40.5 Å². The molecule has 0 bridgehead atoms. The van der Waals surface area contributed by atoms with E-state index in [1.54, 1.807) is 101 Å². The van der Waals surface area contributed by atoms with Crippen LogP contribution in [0.25, 0.3) is 11.4 Å². The molecule has 0 aliphatic carbocycles. The van der Waals surface area contributed by atoms with Crippen molar-refractivity contribution in [1.29, 1.82) is 0 Å². The van der Waals surface area contributed by atoms with E-state index in [0.29, 0.717) is 88.5 Å². The van der Waals surface area contributed by atoms with Gasteiger partial charge in [0.2, 0.25) is 0 Å². The first-order chi connectivity index (χ1) is 27.6. The van der Waals surface area contributed by atoms with Gasteiger partial charge in [-0.05, 0) is 97.8 Å². The molecule has 2 aliphatic rings. The normalized spacial score (nSPS) is 13.3. The van der Waals surface area contributed by atoms with E-state index in [1.165, 1.54) is 4.68 Å². The second kappa shape index (κ2) is 16.2. The van der Waals surface area contributed by atoms with Gasteiger partial charge in [-0.2, -0.15) is 20.6 Å². The summed E-state index contributed by atoms with van der Waals surface area (Å²) in [6, 6.07) is 28.4. The number of benzene rings is 4. The molecule has 7 N–H and O–H groups in total. The van der Waals surface area contributed by atoms with Crippen molar-refractivity contribution in [1.82, 2.24) is 19.6 Å². The summed E-state index contributed by atoms with van der Waals surface area (Å²) >= 11 is 0. The first kappa shape index (κ1) is 37.9. The van der Waals surface area contributed by atoms with E-state index in [9.17, 15) is 19.3 Å². The number of methoxy groups -OCH3 is 2. The van der Waals surface area contributed by atoms with Crippen LogP contribution >= 0.6 is 0 Å². The summed E-state index contributed by atoms with van der Waals surface area (Å²) in [5.41, 5.74) is 19.1. The SMILES string of the molecule is COc1ccc(-n2nc(C(N)=O)c3c2C(=O)N(c2ccc([NH2+]O)cc2)CC3)cc1.COc1ccc(-n2nc(CN=O)c3c2C(=O)N(c2ccc(N)cc2)CC3)cc1.